The van der Waals surface area contributed by atoms with Crippen LogP contribution < -0.4 is 14.8 Å². The quantitative estimate of drug-likeness (QED) is 0.712. The van der Waals surface area contributed by atoms with E-state index in [1.807, 2.05) is 42.5 Å². The second-order valence-electron chi connectivity index (χ2n) is 4.05. The summed E-state index contributed by atoms with van der Waals surface area (Å²) in [7, 11) is 1.65. The van der Waals surface area contributed by atoms with Crippen molar-refractivity contribution in [3.8, 4) is 11.5 Å². The Morgan fingerprint density at radius 2 is 1.80 bits per heavy atom. The summed E-state index contributed by atoms with van der Waals surface area (Å²) in [6.07, 6.45) is 0. The molecular formula is C15H15Br2NO2. The second-order valence-corrected chi connectivity index (χ2v) is 5.76. The van der Waals surface area contributed by atoms with Gasteiger partial charge in [0, 0.05) is 17.1 Å². The smallest absolute Gasteiger partial charge is 0.135 e. The summed E-state index contributed by atoms with van der Waals surface area (Å²) < 4.78 is 12.8. The number of hydrogen-bond acceptors (Lipinski definition) is 3. The number of anilines is 1. The van der Waals surface area contributed by atoms with Crippen molar-refractivity contribution >= 4 is 37.5 Å². The van der Waals surface area contributed by atoms with E-state index in [2.05, 4.69) is 37.2 Å². The lowest BCUT2D eigenvalue weighted by Gasteiger charge is -2.12. The summed E-state index contributed by atoms with van der Waals surface area (Å²) in [4.78, 5) is 0. The fourth-order valence-corrected chi connectivity index (χ4v) is 2.99. The zero-order valence-corrected chi connectivity index (χ0v) is 14.2. The lowest BCUT2D eigenvalue weighted by molar-refractivity contribution is 0.333. The van der Waals surface area contributed by atoms with Crippen molar-refractivity contribution in [2.75, 3.05) is 25.6 Å². The minimum atomic E-state index is 0.592. The Morgan fingerprint density at radius 1 is 1.05 bits per heavy atom. The lowest BCUT2D eigenvalue weighted by atomic mass is 10.3. The summed E-state index contributed by atoms with van der Waals surface area (Å²) in [6.45, 7) is 1.30. The molecule has 2 aromatic carbocycles. The Bertz CT molecular complexity index is 561. The summed E-state index contributed by atoms with van der Waals surface area (Å²) in [5.41, 5.74) is 0.974. The van der Waals surface area contributed by atoms with Crippen LogP contribution in [0.2, 0.25) is 0 Å². The molecule has 20 heavy (non-hydrogen) atoms. The predicted octanol–water partition coefficient (Wildman–Crippen LogP) is 4.71. The number of hydrogen-bond donors (Lipinski definition) is 1. The van der Waals surface area contributed by atoms with E-state index >= 15 is 0 Å². The molecular weight excluding hydrogens is 386 g/mol. The molecule has 0 saturated heterocycles. The second kappa shape index (κ2) is 7.55. The minimum Gasteiger partial charge on any atom is -0.495 e. The first-order chi connectivity index (χ1) is 9.70. The highest BCUT2D eigenvalue weighted by atomic mass is 79.9. The van der Waals surface area contributed by atoms with Gasteiger partial charge in [-0.1, -0.05) is 18.2 Å². The van der Waals surface area contributed by atoms with Gasteiger partial charge in [-0.25, -0.2) is 0 Å². The maximum atomic E-state index is 5.63. The molecule has 0 unspecified atom stereocenters. The highest BCUT2D eigenvalue weighted by Crippen LogP contribution is 2.34. The molecule has 0 radical (unpaired) electrons. The molecule has 0 aliphatic carbocycles. The summed E-state index contributed by atoms with van der Waals surface area (Å²) in [5.74, 6) is 1.67. The predicted molar refractivity (Wildman–Crippen MR) is 88.8 cm³/mol. The molecule has 106 valence electrons. The number of halogens is 2. The first-order valence-corrected chi connectivity index (χ1v) is 7.74. The normalized spacial score (nSPS) is 10.2. The van der Waals surface area contributed by atoms with Gasteiger partial charge in [-0.2, -0.15) is 0 Å². The molecule has 0 fully saturated rings. The molecule has 0 amide bonds. The molecule has 2 rings (SSSR count). The molecule has 0 aliphatic heterocycles. The number of nitrogens with one attached hydrogen (secondary N) is 1. The van der Waals surface area contributed by atoms with Crippen LogP contribution in [0, 0.1) is 0 Å². The van der Waals surface area contributed by atoms with Crippen molar-refractivity contribution in [1.82, 2.24) is 0 Å². The Kier molecular flexibility index (Phi) is 5.73. The molecule has 0 bridgehead atoms. The third-order valence-electron chi connectivity index (χ3n) is 2.67. The number of methoxy groups -OCH3 is 1. The van der Waals surface area contributed by atoms with Gasteiger partial charge in [0.2, 0.25) is 0 Å². The average Bonchev–Trinajstić information content (AvgIpc) is 2.46. The van der Waals surface area contributed by atoms with Crippen molar-refractivity contribution in [1.29, 1.82) is 0 Å². The zero-order chi connectivity index (χ0) is 14.4. The van der Waals surface area contributed by atoms with Crippen LogP contribution >= 0.6 is 31.9 Å². The van der Waals surface area contributed by atoms with Gasteiger partial charge in [-0.15, -0.1) is 0 Å². The largest absolute Gasteiger partial charge is 0.495 e. The molecule has 1 N–H and O–H groups in total. The number of benzene rings is 2. The van der Waals surface area contributed by atoms with Gasteiger partial charge in [0.25, 0.3) is 0 Å². The number of ether oxygens (including phenoxy) is 2. The van der Waals surface area contributed by atoms with E-state index in [9.17, 15) is 0 Å². The van der Waals surface area contributed by atoms with Crippen LogP contribution in [0.5, 0.6) is 11.5 Å². The van der Waals surface area contributed by atoms with Gasteiger partial charge < -0.3 is 14.8 Å². The van der Waals surface area contributed by atoms with Gasteiger partial charge in [0.05, 0.1) is 17.3 Å². The van der Waals surface area contributed by atoms with E-state index < -0.39 is 0 Å². The fraction of sp³-hybridized carbons (Fsp3) is 0.200. The number of rotatable bonds is 6. The van der Waals surface area contributed by atoms with Crippen LogP contribution in [-0.2, 0) is 0 Å². The van der Waals surface area contributed by atoms with Crippen molar-refractivity contribution in [3.05, 3.63) is 51.4 Å². The van der Waals surface area contributed by atoms with Gasteiger partial charge in [0.1, 0.15) is 18.1 Å². The van der Waals surface area contributed by atoms with Gasteiger partial charge in [0.15, 0.2) is 0 Å². The van der Waals surface area contributed by atoms with E-state index in [0.29, 0.717) is 13.2 Å². The molecule has 2 aromatic rings. The van der Waals surface area contributed by atoms with Crippen molar-refractivity contribution in [2.24, 2.45) is 0 Å². The Morgan fingerprint density at radius 3 is 2.50 bits per heavy atom. The Hall–Kier alpha value is -1.20. The first-order valence-electron chi connectivity index (χ1n) is 6.15. The molecule has 0 aromatic heterocycles. The monoisotopic (exact) mass is 399 g/mol. The molecule has 0 aliphatic rings. The first kappa shape index (κ1) is 15.2. The average molecular weight is 401 g/mol. The Balaban J connectivity index is 1.88. The van der Waals surface area contributed by atoms with E-state index in [-0.39, 0.29) is 0 Å². The van der Waals surface area contributed by atoms with Gasteiger partial charge in [-0.05, 0) is 50.1 Å². The van der Waals surface area contributed by atoms with E-state index in [1.165, 1.54) is 0 Å². The Labute approximate surface area is 135 Å². The summed E-state index contributed by atoms with van der Waals surface area (Å²) in [5, 5.41) is 3.31. The van der Waals surface area contributed by atoms with Crippen molar-refractivity contribution in [2.45, 2.75) is 0 Å². The van der Waals surface area contributed by atoms with Crippen LogP contribution in [0.1, 0.15) is 0 Å². The van der Waals surface area contributed by atoms with Gasteiger partial charge in [-0.3, -0.25) is 0 Å². The van der Waals surface area contributed by atoms with Gasteiger partial charge >= 0.3 is 0 Å². The third-order valence-corrected chi connectivity index (χ3v) is 3.95. The minimum absolute atomic E-state index is 0.592. The highest BCUT2D eigenvalue weighted by Gasteiger charge is 2.06. The van der Waals surface area contributed by atoms with Crippen LogP contribution in [0.15, 0.2) is 51.4 Å². The third kappa shape index (κ3) is 4.15. The molecule has 0 atom stereocenters. The fourth-order valence-electron chi connectivity index (χ4n) is 1.69. The molecule has 5 heteroatoms. The zero-order valence-electron chi connectivity index (χ0n) is 11.0. The standard InChI is InChI=1S/C15H15Br2NO2/c1-19-15-10-14(12(16)9-13(15)17)18-7-8-20-11-5-3-2-4-6-11/h2-6,9-10,18H,7-8H2,1H3. The molecule has 0 spiro atoms. The van der Waals surface area contributed by atoms with Crippen LogP contribution in [-0.4, -0.2) is 20.3 Å². The summed E-state index contributed by atoms with van der Waals surface area (Å²) >= 11 is 6.97. The van der Waals surface area contributed by atoms with Crippen LogP contribution in [0.25, 0.3) is 0 Å². The van der Waals surface area contributed by atoms with Crippen LogP contribution in [0.3, 0.4) is 0 Å². The van der Waals surface area contributed by atoms with E-state index in [1.54, 1.807) is 7.11 Å². The van der Waals surface area contributed by atoms with Crippen molar-refractivity contribution in [3.63, 3.8) is 0 Å². The molecule has 0 saturated carbocycles. The van der Waals surface area contributed by atoms with E-state index in [4.69, 9.17) is 9.47 Å². The summed E-state index contributed by atoms with van der Waals surface area (Å²) in [6, 6.07) is 13.7. The van der Waals surface area contributed by atoms with Crippen LogP contribution in [0.4, 0.5) is 5.69 Å². The number of para-hydroxylation sites is 1. The lowest BCUT2D eigenvalue weighted by Crippen LogP contribution is -2.11. The highest BCUT2D eigenvalue weighted by molar-refractivity contribution is 9.11. The molecule has 3 nitrogen and oxygen atoms in total. The maximum absolute atomic E-state index is 5.63. The topological polar surface area (TPSA) is 30.5 Å². The van der Waals surface area contributed by atoms with Crippen molar-refractivity contribution < 1.29 is 9.47 Å². The van der Waals surface area contributed by atoms with E-state index in [0.717, 1.165) is 26.1 Å². The SMILES string of the molecule is COc1cc(NCCOc2ccccc2)c(Br)cc1Br. The molecule has 0 heterocycles. The maximum Gasteiger partial charge on any atom is 0.135 e.